The van der Waals surface area contributed by atoms with Crippen LogP contribution in [-0.2, 0) is 0 Å². The van der Waals surface area contributed by atoms with E-state index in [9.17, 15) is 4.79 Å². The molecule has 2 aromatic heterocycles. The number of nitrogens with zero attached hydrogens (tertiary/aromatic N) is 2. The molecule has 0 saturated heterocycles. The molecule has 5 nitrogen and oxygen atoms in total. The van der Waals surface area contributed by atoms with Crippen LogP contribution in [0.2, 0.25) is 5.02 Å². The highest BCUT2D eigenvalue weighted by Gasteiger charge is 2.14. The number of aryl methyl sites for hydroxylation is 1. The highest BCUT2D eigenvalue weighted by Crippen LogP contribution is 2.14. The zero-order valence-corrected chi connectivity index (χ0v) is 9.15. The molecule has 0 unspecified atom stereocenters. The van der Waals surface area contributed by atoms with Crippen molar-refractivity contribution in [1.82, 2.24) is 10.1 Å². The maximum Gasteiger partial charge on any atom is 0.295 e. The van der Waals surface area contributed by atoms with Gasteiger partial charge >= 0.3 is 0 Å². The van der Waals surface area contributed by atoms with Crippen molar-refractivity contribution in [2.45, 2.75) is 6.92 Å². The van der Waals surface area contributed by atoms with Gasteiger partial charge in [-0.2, -0.15) is 0 Å². The van der Waals surface area contributed by atoms with E-state index in [1.54, 1.807) is 19.1 Å². The predicted molar refractivity (Wildman–Crippen MR) is 58.4 cm³/mol. The largest absolute Gasteiger partial charge is 0.351 e. The predicted octanol–water partition coefficient (Wildman–Crippen LogP) is 2.28. The standard InChI is InChI=1S/C10H8ClN3O2/c1-6-5-13-16-9(6)10(15)14-8-4-7(11)2-3-12-8/h2-5H,1H3,(H,12,14,15). The van der Waals surface area contributed by atoms with Gasteiger partial charge in [0.1, 0.15) is 5.82 Å². The van der Waals surface area contributed by atoms with Gasteiger partial charge in [-0.25, -0.2) is 4.98 Å². The second kappa shape index (κ2) is 4.32. The summed E-state index contributed by atoms with van der Waals surface area (Å²) < 4.78 is 4.81. The Kier molecular flexibility index (Phi) is 2.87. The van der Waals surface area contributed by atoms with Crippen LogP contribution in [0, 0.1) is 6.92 Å². The third-order valence-corrected chi connectivity index (χ3v) is 2.15. The van der Waals surface area contributed by atoms with Crippen molar-refractivity contribution in [3.8, 4) is 0 Å². The van der Waals surface area contributed by atoms with E-state index in [2.05, 4.69) is 15.5 Å². The van der Waals surface area contributed by atoms with E-state index in [1.807, 2.05) is 0 Å². The molecule has 0 atom stereocenters. The fraction of sp³-hybridized carbons (Fsp3) is 0.100. The number of rotatable bonds is 2. The van der Waals surface area contributed by atoms with Crippen molar-refractivity contribution in [2.75, 3.05) is 5.32 Å². The average molecular weight is 238 g/mol. The molecule has 2 rings (SSSR count). The van der Waals surface area contributed by atoms with Gasteiger partial charge < -0.3 is 9.84 Å². The molecular formula is C10H8ClN3O2. The average Bonchev–Trinajstić information content (AvgIpc) is 2.64. The Balaban J connectivity index is 2.17. The quantitative estimate of drug-likeness (QED) is 0.870. The molecular weight excluding hydrogens is 230 g/mol. The summed E-state index contributed by atoms with van der Waals surface area (Å²) in [6.45, 7) is 1.73. The Morgan fingerprint density at radius 1 is 1.56 bits per heavy atom. The van der Waals surface area contributed by atoms with Crippen LogP contribution in [0.3, 0.4) is 0 Å². The van der Waals surface area contributed by atoms with Gasteiger partial charge in [0.25, 0.3) is 5.91 Å². The van der Waals surface area contributed by atoms with E-state index in [0.29, 0.717) is 16.4 Å². The Labute approximate surface area is 96.4 Å². The minimum absolute atomic E-state index is 0.168. The zero-order valence-electron chi connectivity index (χ0n) is 8.40. The first-order valence-corrected chi connectivity index (χ1v) is 4.89. The molecule has 2 heterocycles. The number of anilines is 1. The molecule has 1 N–H and O–H groups in total. The Hall–Kier alpha value is -1.88. The molecule has 0 bridgehead atoms. The lowest BCUT2D eigenvalue weighted by molar-refractivity contribution is 0.0986. The molecule has 2 aromatic rings. The lowest BCUT2D eigenvalue weighted by Crippen LogP contribution is -2.13. The monoisotopic (exact) mass is 237 g/mol. The van der Waals surface area contributed by atoms with Crippen molar-refractivity contribution in [1.29, 1.82) is 0 Å². The maximum atomic E-state index is 11.7. The first-order chi connectivity index (χ1) is 7.66. The SMILES string of the molecule is Cc1cnoc1C(=O)Nc1cc(Cl)ccn1. The second-order valence-corrected chi connectivity index (χ2v) is 3.59. The minimum atomic E-state index is -0.398. The summed E-state index contributed by atoms with van der Waals surface area (Å²) in [7, 11) is 0. The molecule has 0 fully saturated rings. The number of amides is 1. The molecule has 0 aliphatic heterocycles. The summed E-state index contributed by atoms with van der Waals surface area (Å²) in [5.41, 5.74) is 0.666. The Bertz CT molecular complexity index is 524. The summed E-state index contributed by atoms with van der Waals surface area (Å²) in [5, 5.41) is 6.58. The van der Waals surface area contributed by atoms with E-state index in [4.69, 9.17) is 16.1 Å². The summed E-state index contributed by atoms with van der Waals surface area (Å²) >= 11 is 5.76. The van der Waals surface area contributed by atoms with Crippen LogP contribution in [0.1, 0.15) is 16.1 Å². The van der Waals surface area contributed by atoms with Gasteiger partial charge in [0, 0.05) is 16.8 Å². The van der Waals surface area contributed by atoms with E-state index in [0.717, 1.165) is 0 Å². The van der Waals surface area contributed by atoms with Crippen LogP contribution in [0.25, 0.3) is 0 Å². The number of nitrogens with one attached hydrogen (secondary N) is 1. The molecule has 1 amide bonds. The van der Waals surface area contributed by atoms with Crippen LogP contribution in [0.4, 0.5) is 5.82 Å². The van der Waals surface area contributed by atoms with Crippen molar-refractivity contribution in [3.05, 3.63) is 40.9 Å². The third kappa shape index (κ3) is 2.20. The van der Waals surface area contributed by atoms with Crippen molar-refractivity contribution in [2.24, 2.45) is 0 Å². The molecule has 0 saturated carbocycles. The lowest BCUT2D eigenvalue weighted by atomic mass is 10.3. The number of carbonyl (C=O) groups is 1. The topological polar surface area (TPSA) is 68.0 Å². The van der Waals surface area contributed by atoms with Gasteiger partial charge in [-0.05, 0) is 19.1 Å². The normalized spacial score (nSPS) is 10.1. The zero-order chi connectivity index (χ0) is 11.5. The molecule has 0 spiro atoms. The molecule has 0 aromatic carbocycles. The fourth-order valence-electron chi connectivity index (χ4n) is 1.16. The summed E-state index contributed by atoms with van der Waals surface area (Å²) in [6.07, 6.45) is 2.98. The van der Waals surface area contributed by atoms with Crippen LogP contribution in [-0.4, -0.2) is 16.0 Å². The molecule has 0 aliphatic rings. The summed E-state index contributed by atoms with van der Waals surface area (Å²) in [5.74, 6) is 0.139. The molecule has 16 heavy (non-hydrogen) atoms. The van der Waals surface area contributed by atoms with Gasteiger partial charge in [-0.15, -0.1) is 0 Å². The van der Waals surface area contributed by atoms with Gasteiger partial charge in [0.05, 0.1) is 6.20 Å². The number of aromatic nitrogens is 2. The van der Waals surface area contributed by atoms with Crippen LogP contribution in [0.15, 0.2) is 29.0 Å². The molecule has 6 heteroatoms. The van der Waals surface area contributed by atoms with Gasteiger partial charge in [-0.1, -0.05) is 16.8 Å². The lowest BCUT2D eigenvalue weighted by Gasteiger charge is -2.01. The van der Waals surface area contributed by atoms with Crippen molar-refractivity contribution < 1.29 is 9.32 Å². The number of halogens is 1. The number of carbonyl (C=O) groups excluding carboxylic acids is 1. The minimum Gasteiger partial charge on any atom is -0.351 e. The van der Waals surface area contributed by atoms with Crippen LogP contribution < -0.4 is 5.32 Å². The smallest absolute Gasteiger partial charge is 0.295 e. The maximum absolute atomic E-state index is 11.7. The van der Waals surface area contributed by atoms with E-state index >= 15 is 0 Å². The second-order valence-electron chi connectivity index (χ2n) is 3.15. The molecule has 82 valence electrons. The Morgan fingerprint density at radius 2 is 2.38 bits per heavy atom. The van der Waals surface area contributed by atoms with Gasteiger partial charge in [0.15, 0.2) is 0 Å². The van der Waals surface area contributed by atoms with E-state index in [-0.39, 0.29) is 5.76 Å². The summed E-state index contributed by atoms with van der Waals surface area (Å²) in [6, 6.07) is 3.17. The van der Waals surface area contributed by atoms with Crippen molar-refractivity contribution >= 4 is 23.3 Å². The first kappa shape index (κ1) is 10.6. The molecule has 0 aliphatic carbocycles. The van der Waals surface area contributed by atoms with Crippen LogP contribution >= 0.6 is 11.6 Å². The third-order valence-electron chi connectivity index (χ3n) is 1.92. The van der Waals surface area contributed by atoms with Gasteiger partial charge in [-0.3, -0.25) is 4.79 Å². The Morgan fingerprint density at radius 3 is 3.00 bits per heavy atom. The van der Waals surface area contributed by atoms with E-state index < -0.39 is 5.91 Å². The molecule has 0 radical (unpaired) electrons. The summed E-state index contributed by atoms with van der Waals surface area (Å²) in [4.78, 5) is 15.6. The van der Waals surface area contributed by atoms with E-state index in [1.165, 1.54) is 12.4 Å². The highest BCUT2D eigenvalue weighted by molar-refractivity contribution is 6.30. The van der Waals surface area contributed by atoms with Gasteiger partial charge in [0.2, 0.25) is 5.76 Å². The highest BCUT2D eigenvalue weighted by atomic mass is 35.5. The first-order valence-electron chi connectivity index (χ1n) is 4.51. The number of pyridine rings is 1. The number of hydrogen-bond acceptors (Lipinski definition) is 4. The van der Waals surface area contributed by atoms with Crippen molar-refractivity contribution in [3.63, 3.8) is 0 Å². The number of hydrogen-bond donors (Lipinski definition) is 1. The van der Waals surface area contributed by atoms with Crippen LogP contribution in [0.5, 0.6) is 0 Å². The fourth-order valence-corrected chi connectivity index (χ4v) is 1.32.